The Kier molecular flexibility index (Phi) is 30.3. The summed E-state index contributed by atoms with van der Waals surface area (Å²) in [5.74, 6) is -3.14. The molecule has 0 spiro atoms. The molecule has 61 heavy (non-hydrogen) atoms. The Morgan fingerprint density at radius 3 is 1.15 bits per heavy atom. The number of Topliss-reactive ketones (excluding diaryl/α,β-unsaturated/α-hetero) is 2. The molecule has 0 unspecified atom stereocenters. The minimum absolute atomic E-state index is 0.0107. The molecule has 0 aliphatic heterocycles. The van der Waals surface area contributed by atoms with Crippen LogP contribution in [0, 0.1) is 23.7 Å². The van der Waals surface area contributed by atoms with E-state index in [1.54, 1.807) is 20.8 Å². The smallest absolute Gasteiger partial charge is 0.334 e. The number of ether oxygens (including phenoxy) is 2. The molecule has 0 heterocycles. The van der Waals surface area contributed by atoms with Crippen LogP contribution in [-0.2, 0) is 47.8 Å². The maximum Gasteiger partial charge on any atom is 0.334 e. The van der Waals surface area contributed by atoms with Crippen LogP contribution >= 0.6 is 0 Å². The lowest BCUT2D eigenvalue weighted by Gasteiger charge is -2.25. The number of ketones is 2. The van der Waals surface area contributed by atoms with Gasteiger partial charge in [0.1, 0.15) is 24.2 Å². The summed E-state index contributed by atoms with van der Waals surface area (Å²) in [5, 5.41) is 10.6. The fourth-order valence-corrected chi connectivity index (χ4v) is 5.70. The molecule has 0 aliphatic carbocycles. The van der Waals surface area contributed by atoms with Crippen LogP contribution in [0.4, 0.5) is 0 Å². The van der Waals surface area contributed by atoms with E-state index in [0.717, 1.165) is 12.4 Å². The van der Waals surface area contributed by atoms with Crippen molar-refractivity contribution in [1.82, 2.24) is 30.6 Å². The first-order chi connectivity index (χ1) is 28.4. The minimum Gasteiger partial charge on any atom is -0.464 e. The van der Waals surface area contributed by atoms with Gasteiger partial charge in [0.15, 0.2) is 0 Å². The van der Waals surface area contributed by atoms with Gasteiger partial charge in [0.2, 0.25) is 35.2 Å². The van der Waals surface area contributed by atoms with Gasteiger partial charge in [-0.25, -0.2) is 9.59 Å². The van der Waals surface area contributed by atoms with Crippen LogP contribution in [0.5, 0.6) is 0 Å². The predicted octanol–water partition coefficient (Wildman–Crippen LogP) is 0.642. The van der Waals surface area contributed by atoms with Gasteiger partial charge in [-0.3, -0.25) is 28.8 Å². The highest BCUT2D eigenvalue weighted by molar-refractivity contribution is 6.27. The topological polar surface area (TPSA) is 283 Å². The van der Waals surface area contributed by atoms with Gasteiger partial charge < -0.3 is 42.2 Å². The van der Waals surface area contributed by atoms with E-state index in [0.29, 0.717) is 25.7 Å². The highest BCUT2D eigenvalue weighted by atomic mass is 16.5. The molecular weight excluding hydrogens is 789 g/mol. The molecule has 0 aromatic rings. The number of carbonyl (C=O) groups excluding carboxylic acids is 8. The molecule has 346 valence electrons. The summed E-state index contributed by atoms with van der Waals surface area (Å²) in [7, 11) is 0. The summed E-state index contributed by atoms with van der Waals surface area (Å²) in [6, 6.07) is -5.23. The molecule has 0 saturated carbocycles. The number of amides is 4. The summed E-state index contributed by atoms with van der Waals surface area (Å²) >= 11 is 0. The van der Waals surface area contributed by atoms with E-state index in [9.17, 15) is 38.4 Å². The van der Waals surface area contributed by atoms with E-state index in [-0.39, 0.29) is 73.6 Å². The van der Waals surface area contributed by atoms with Crippen molar-refractivity contribution in [3.63, 3.8) is 0 Å². The number of nitrogens with one attached hydrogen (secondary N) is 4. The monoisotopic (exact) mass is 865 g/mol. The Morgan fingerprint density at radius 2 is 0.852 bits per heavy atom. The molecule has 0 saturated heterocycles. The fourth-order valence-electron chi connectivity index (χ4n) is 5.70. The molecule has 8 N–H and O–H groups in total. The van der Waals surface area contributed by atoms with Crippen molar-refractivity contribution >= 4 is 73.0 Å². The number of hydrogen-bond donors (Lipinski definition) is 6. The zero-order valence-electron chi connectivity index (χ0n) is 38.4. The third kappa shape index (κ3) is 28.2. The Morgan fingerprint density at radius 1 is 0.525 bits per heavy atom. The van der Waals surface area contributed by atoms with Crippen molar-refractivity contribution in [2.45, 2.75) is 170 Å². The minimum atomic E-state index is -1.03. The first kappa shape index (κ1) is 58.1. The average Bonchev–Trinajstić information content (AvgIpc) is 3.13. The Labute approximate surface area is 362 Å². The van der Waals surface area contributed by atoms with Gasteiger partial charge in [0.05, 0.1) is 24.8 Å². The highest BCUT2D eigenvalue weighted by Gasteiger charge is 2.32. The quantitative estimate of drug-likeness (QED) is 0.0359. The molecule has 0 bridgehead atoms. The number of carbonyl (C=O) groups is 8. The van der Waals surface area contributed by atoms with Crippen LogP contribution in [-0.4, -0.2) is 122 Å². The number of nitrogens with two attached hydrogens (primary N) is 2. The van der Waals surface area contributed by atoms with E-state index in [1.165, 1.54) is 0 Å². The third-order valence-corrected chi connectivity index (χ3v) is 8.47. The molecule has 18 heteroatoms. The largest absolute Gasteiger partial charge is 0.464 e. The lowest BCUT2D eigenvalue weighted by atomic mass is 10.00. The van der Waals surface area contributed by atoms with E-state index in [1.807, 2.05) is 55.4 Å². The second-order valence-corrected chi connectivity index (χ2v) is 16.8. The maximum absolute atomic E-state index is 12.9. The molecule has 0 aromatic carbocycles. The van der Waals surface area contributed by atoms with Gasteiger partial charge in [0.25, 0.3) is 13.4 Å². The van der Waals surface area contributed by atoms with Crippen molar-refractivity contribution in [2.24, 2.45) is 35.1 Å². The molecule has 18 nitrogen and oxygen atoms in total. The van der Waals surface area contributed by atoms with Crippen molar-refractivity contribution in [2.75, 3.05) is 6.61 Å². The first-order valence-corrected chi connectivity index (χ1v) is 21.1. The van der Waals surface area contributed by atoms with Crippen LogP contribution in [0.2, 0.25) is 0 Å². The number of nitrogens with zero attached hydrogens (tertiary/aromatic N) is 2. The van der Waals surface area contributed by atoms with Gasteiger partial charge in [0, 0.05) is 12.8 Å². The normalized spacial score (nSPS) is 13.8. The molecule has 0 aromatic heterocycles. The Hall–Kier alpha value is -5.02. The van der Waals surface area contributed by atoms with Crippen LogP contribution in [0.1, 0.15) is 128 Å². The summed E-state index contributed by atoms with van der Waals surface area (Å²) < 4.78 is 17.0. The number of esters is 2. The van der Waals surface area contributed by atoms with Crippen LogP contribution in [0.15, 0.2) is 0 Å². The van der Waals surface area contributed by atoms with E-state index >= 15 is 0 Å². The Bertz CT molecular complexity index is 1530. The van der Waals surface area contributed by atoms with Crippen molar-refractivity contribution < 1.29 is 47.8 Å². The van der Waals surface area contributed by atoms with Gasteiger partial charge in [-0.05, 0) is 83.0 Å². The predicted molar refractivity (Wildman–Crippen MR) is 238 cm³/mol. The first-order valence-electron chi connectivity index (χ1n) is 21.1. The van der Waals surface area contributed by atoms with E-state index in [2.05, 4.69) is 44.0 Å². The van der Waals surface area contributed by atoms with Crippen molar-refractivity contribution in [3.8, 4) is 0 Å². The lowest BCUT2D eigenvalue weighted by molar-refractivity contribution is -0.152. The average molecular weight is 865 g/mol. The molecule has 0 fully saturated rings. The Balaban J connectivity index is 0. The van der Waals surface area contributed by atoms with Gasteiger partial charge in [-0.2, -0.15) is 0 Å². The second kappa shape index (κ2) is 31.8. The second-order valence-electron chi connectivity index (χ2n) is 16.8. The standard InChI is InChI=1S/C22H38N4O5.C21H36N4O5/c1-13(2)10-17(23)20(28)26-19(11-14(3)4)21(29)25-18(22(30)31-15(5)6)9-8-16(27)12-24-7;1-7-30-21(29)17(9-8-15(26)12-23-6)24-20(28)18(11-14(4)5)25-19(27)16(22)10-13(2)3/h12-15,17-19H,7-11,23H2,1-6H3,(H-,25,26,28,29);12-14,16-18H,6-11,22H2,1-5H3,(H-,24,25,27,28)/p+2/t17-,18-,19-;16-,17-,18-/m00/s1. The molecule has 4 amide bonds. The van der Waals surface area contributed by atoms with Gasteiger partial charge >= 0.3 is 24.4 Å². The molecule has 6 atom stereocenters. The van der Waals surface area contributed by atoms with Crippen molar-refractivity contribution in [1.29, 1.82) is 0 Å². The van der Waals surface area contributed by atoms with Gasteiger partial charge in [-0.1, -0.05) is 55.4 Å². The van der Waals surface area contributed by atoms with E-state index in [4.69, 9.17) is 20.9 Å². The summed E-state index contributed by atoms with van der Waals surface area (Å²) in [6.07, 6.45) is 3.50. The number of rotatable bonds is 28. The summed E-state index contributed by atoms with van der Waals surface area (Å²) in [4.78, 5) is 98.8. The SMILES string of the molecule is C=[N+]=CC(=O)CC[C@H](NC(=O)[C@H](CC(C)C)NC(=O)[C@@H](N)CC(C)C)C(=O)OC(C)C.C=[N+]=CC(=O)CC[C@H](NC(=O)[C@H](CC(C)C)NC(=O)[C@@H](N)CC(C)C)C(=O)OCC. The molecule has 0 aliphatic rings. The fraction of sp³-hybridized carbons (Fsp3) is 0.721. The van der Waals surface area contributed by atoms with Crippen LogP contribution in [0.25, 0.3) is 0 Å². The molecule has 0 radical (unpaired) electrons. The highest BCUT2D eigenvalue weighted by Crippen LogP contribution is 2.12. The van der Waals surface area contributed by atoms with Crippen LogP contribution < -0.4 is 42.1 Å². The lowest BCUT2D eigenvalue weighted by Crippen LogP contribution is -2.55. The number of hydrogen-bond acceptors (Lipinski definition) is 12. The summed E-state index contributed by atoms with van der Waals surface area (Å²) in [6.45, 7) is 27.1. The van der Waals surface area contributed by atoms with E-state index < -0.39 is 71.8 Å². The zero-order valence-corrected chi connectivity index (χ0v) is 38.4. The maximum atomic E-state index is 12.9. The third-order valence-electron chi connectivity index (χ3n) is 8.47. The van der Waals surface area contributed by atoms with Crippen molar-refractivity contribution in [3.05, 3.63) is 0 Å². The van der Waals surface area contributed by atoms with Crippen LogP contribution in [0.3, 0.4) is 0 Å². The molecule has 0 rings (SSSR count). The van der Waals surface area contributed by atoms with Gasteiger partial charge in [-0.15, -0.1) is 9.34 Å². The zero-order chi connectivity index (χ0) is 47.4. The summed E-state index contributed by atoms with van der Waals surface area (Å²) in [5.41, 5.74) is 11.9. The molecular formula is C43H76N8O10+2.